The molecular formula is C14H7N3O6S2. The van der Waals surface area contributed by atoms with Crippen LogP contribution in [0.15, 0.2) is 39.3 Å². The largest absolute Gasteiger partial charge is 0.501 e. The highest BCUT2D eigenvalue weighted by Crippen LogP contribution is 2.45. The van der Waals surface area contributed by atoms with Gasteiger partial charge in [-0.15, -0.1) is 11.3 Å². The van der Waals surface area contributed by atoms with Crippen LogP contribution in [0.4, 0.5) is 4.79 Å². The molecule has 0 aliphatic carbocycles. The van der Waals surface area contributed by atoms with Gasteiger partial charge in [0.1, 0.15) is 4.91 Å². The molecule has 0 atom stereocenters. The van der Waals surface area contributed by atoms with Crippen molar-refractivity contribution in [3.8, 4) is 0 Å². The van der Waals surface area contributed by atoms with Crippen LogP contribution in [0.2, 0.25) is 0 Å². The number of hydrogen-bond donors (Lipinski definition) is 3. The van der Waals surface area contributed by atoms with E-state index in [4.69, 9.17) is 4.74 Å². The minimum Gasteiger partial charge on any atom is -0.501 e. The van der Waals surface area contributed by atoms with E-state index >= 15 is 0 Å². The summed E-state index contributed by atoms with van der Waals surface area (Å²) in [6.45, 7) is 0. The number of aliphatic hydroxyl groups excluding tert-OH is 1. The first-order valence-corrected chi connectivity index (χ1v) is 8.42. The van der Waals surface area contributed by atoms with E-state index in [1.54, 1.807) is 12.1 Å². The van der Waals surface area contributed by atoms with Crippen molar-refractivity contribution in [3.63, 3.8) is 0 Å². The molecule has 1 aromatic heterocycles. The monoisotopic (exact) mass is 377 g/mol. The van der Waals surface area contributed by atoms with Gasteiger partial charge < -0.3 is 9.84 Å². The van der Waals surface area contributed by atoms with Gasteiger partial charge in [0.2, 0.25) is 5.76 Å². The highest BCUT2D eigenvalue weighted by atomic mass is 32.2. The predicted molar refractivity (Wildman–Crippen MR) is 85.6 cm³/mol. The lowest BCUT2D eigenvalue weighted by Gasteiger charge is -2.29. The van der Waals surface area contributed by atoms with Crippen molar-refractivity contribution in [2.45, 2.75) is 9.94 Å². The predicted octanol–water partition coefficient (Wildman–Crippen LogP) is 0.820. The molecule has 2 aromatic rings. The zero-order chi connectivity index (χ0) is 17.8. The van der Waals surface area contributed by atoms with Gasteiger partial charge in [-0.25, -0.2) is 14.6 Å². The lowest BCUT2D eigenvalue weighted by Crippen LogP contribution is -2.67. The van der Waals surface area contributed by atoms with E-state index in [1.807, 2.05) is 22.8 Å². The molecule has 9 nitrogen and oxygen atoms in total. The molecule has 1 spiro atoms. The summed E-state index contributed by atoms with van der Waals surface area (Å²) in [5.41, 5.74) is -1.76. The number of amides is 4. The van der Waals surface area contributed by atoms with Gasteiger partial charge in [0.05, 0.1) is 10.2 Å². The summed E-state index contributed by atoms with van der Waals surface area (Å²) in [4.78, 5) is 51.6. The quantitative estimate of drug-likeness (QED) is 0.517. The number of thioether (sulfide) groups is 1. The molecule has 25 heavy (non-hydrogen) atoms. The van der Waals surface area contributed by atoms with Gasteiger partial charge in [-0.05, 0) is 12.1 Å². The number of aliphatic hydroxyl groups is 1. The second kappa shape index (κ2) is 5.29. The molecule has 0 unspecified atom stereocenters. The number of carbonyl (C=O) groups is 4. The molecule has 3 N–H and O–H groups in total. The van der Waals surface area contributed by atoms with Gasteiger partial charge in [-0.2, -0.15) is 0 Å². The summed E-state index contributed by atoms with van der Waals surface area (Å²) in [6.07, 6.45) is 0. The Kier molecular flexibility index (Phi) is 3.30. The molecule has 4 amide bonds. The Morgan fingerprint density at radius 1 is 1.12 bits per heavy atom. The zero-order valence-electron chi connectivity index (χ0n) is 12.1. The molecule has 3 heterocycles. The Morgan fingerprint density at radius 3 is 2.48 bits per heavy atom. The number of fused-ring (bicyclic) bond motifs is 1. The number of esters is 1. The maximum absolute atomic E-state index is 12.3. The molecule has 1 fully saturated rings. The van der Waals surface area contributed by atoms with Crippen molar-refractivity contribution < 1.29 is 29.0 Å². The maximum Gasteiger partial charge on any atom is 0.376 e. The van der Waals surface area contributed by atoms with Gasteiger partial charge in [0.15, 0.2) is 4.34 Å². The Hall–Kier alpha value is -2.92. The fourth-order valence-electron chi connectivity index (χ4n) is 2.41. The first-order chi connectivity index (χ1) is 11.9. The average molecular weight is 377 g/mol. The number of rotatable bonds is 2. The zero-order valence-corrected chi connectivity index (χ0v) is 13.7. The van der Waals surface area contributed by atoms with Crippen LogP contribution in [0.3, 0.4) is 0 Å². The topological polar surface area (TPSA) is 135 Å². The van der Waals surface area contributed by atoms with Crippen LogP contribution < -0.4 is 10.6 Å². The van der Waals surface area contributed by atoms with Crippen molar-refractivity contribution in [1.29, 1.82) is 0 Å². The van der Waals surface area contributed by atoms with E-state index < -0.39 is 35.2 Å². The van der Waals surface area contributed by atoms with Gasteiger partial charge in [0, 0.05) is 0 Å². The van der Waals surface area contributed by atoms with Gasteiger partial charge in [-0.3, -0.25) is 20.2 Å². The number of thiazole rings is 1. The minimum absolute atomic E-state index is 0.334. The molecular weight excluding hydrogens is 370 g/mol. The number of hydrogen-bond acceptors (Lipinski definition) is 9. The SMILES string of the molecule is O=C1NC(=O)C2(OC(=O)C(O)=C2Sc2nc3ccccc3s2)C(=O)N1. The van der Waals surface area contributed by atoms with Crippen molar-refractivity contribution in [3.05, 3.63) is 34.9 Å². The van der Waals surface area contributed by atoms with Crippen LogP contribution >= 0.6 is 23.1 Å². The van der Waals surface area contributed by atoms with Crippen molar-refractivity contribution >= 4 is 57.1 Å². The van der Waals surface area contributed by atoms with Gasteiger partial charge in [-0.1, -0.05) is 23.9 Å². The van der Waals surface area contributed by atoms with E-state index in [0.717, 1.165) is 16.5 Å². The number of urea groups is 1. The molecule has 4 rings (SSSR count). The molecule has 1 aromatic carbocycles. The Bertz CT molecular complexity index is 958. The number of aromatic nitrogens is 1. The number of barbiturate groups is 1. The Morgan fingerprint density at radius 2 is 1.80 bits per heavy atom. The molecule has 1 saturated heterocycles. The standard InChI is InChI=1S/C14H7N3O6S2/c18-7-8(25-13-15-5-3-1-2-4-6(5)24-13)14(23-9(7)19)10(20)16-12(22)17-11(14)21/h1-4,18H,(H2,16,17,20,21,22). The summed E-state index contributed by atoms with van der Waals surface area (Å²) in [7, 11) is 0. The maximum atomic E-state index is 12.3. The van der Waals surface area contributed by atoms with E-state index in [-0.39, 0.29) is 4.91 Å². The van der Waals surface area contributed by atoms with E-state index in [0.29, 0.717) is 9.86 Å². The van der Waals surface area contributed by atoms with E-state index in [1.165, 1.54) is 11.3 Å². The molecule has 11 heteroatoms. The van der Waals surface area contributed by atoms with Crippen LogP contribution in [0.25, 0.3) is 10.2 Å². The Balaban J connectivity index is 1.79. The molecule has 126 valence electrons. The normalized spacial score (nSPS) is 19.4. The summed E-state index contributed by atoms with van der Waals surface area (Å²) < 4.78 is 6.08. The molecule has 0 saturated carbocycles. The summed E-state index contributed by atoms with van der Waals surface area (Å²) in [6, 6.07) is 6.19. The minimum atomic E-state index is -2.45. The van der Waals surface area contributed by atoms with Crippen molar-refractivity contribution in [2.75, 3.05) is 0 Å². The summed E-state index contributed by atoms with van der Waals surface area (Å²) >= 11 is 2.01. The van der Waals surface area contributed by atoms with Crippen LogP contribution in [0, 0.1) is 0 Å². The molecule has 0 bridgehead atoms. The van der Waals surface area contributed by atoms with Crippen LogP contribution in [0.5, 0.6) is 0 Å². The van der Waals surface area contributed by atoms with E-state index in [2.05, 4.69) is 4.98 Å². The molecule has 0 radical (unpaired) electrons. The lowest BCUT2D eigenvalue weighted by atomic mass is 10.00. The number of carbonyl (C=O) groups excluding carboxylic acids is 4. The average Bonchev–Trinajstić information content (AvgIpc) is 3.07. The van der Waals surface area contributed by atoms with Crippen LogP contribution in [-0.2, 0) is 19.1 Å². The summed E-state index contributed by atoms with van der Waals surface area (Å²) in [5, 5.41) is 13.8. The third-order valence-corrected chi connectivity index (χ3v) is 5.81. The summed E-state index contributed by atoms with van der Waals surface area (Å²) in [5.74, 6) is -4.41. The highest BCUT2D eigenvalue weighted by Gasteiger charge is 2.63. The molecule has 2 aliphatic rings. The first kappa shape index (κ1) is 15.6. The number of imide groups is 2. The highest BCUT2D eigenvalue weighted by molar-refractivity contribution is 8.05. The Labute approximate surface area is 147 Å². The van der Waals surface area contributed by atoms with E-state index in [9.17, 15) is 24.3 Å². The lowest BCUT2D eigenvalue weighted by molar-refractivity contribution is -0.165. The first-order valence-electron chi connectivity index (χ1n) is 6.79. The van der Waals surface area contributed by atoms with Crippen LogP contribution in [0.1, 0.15) is 0 Å². The molecule has 2 aliphatic heterocycles. The third-order valence-electron chi connectivity index (χ3n) is 3.53. The number of nitrogens with zero attached hydrogens (tertiary/aromatic N) is 1. The fourth-order valence-corrected chi connectivity index (χ4v) is 4.66. The number of nitrogens with one attached hydrogen (secondary N) is 2. The van der Waals surface area contributed by atoms with Crippen LogP contribution in [-0.4, -0.2) is 39.5 Å². The van der Waals surface area contributed by atoms with Gasteiger partial charge >= 0.3 is 17.6 Å². The smallest absolute Gasteiger partial charge is 0.376 e. The number of benzene rings is 1. The number of para-hydroxylation sites is 1. The second-order valence-corrected chi connectivity index (χ2v) is 7.32. The second-order valence-electron chi connectivity index (χ2n) is 5.04. The van der Waals surface area contributed by atoms with Crippen molar-refractivity contribution in [2.24, 2.45) is 0 Å². The number of ether oxygens (including phenoxy) is 1. The van der Waals surface area contributed by atoms with Gasteiger partial charge in [0.25, 0.3) is 11.8 Å². The van der Waals surface area contributed by atoms with Crippen molar-refractivity contribution in [1.82, 2.24) is 15.6 Å². The third kappa shape index (κ3) is 2.20. The fraction of sp³-hybridized carbons (Fsp3) is 0.0714.